The zero-order valence-electron chi connectivity index (χ0n) is 6.21. The first-order valence-electron chi connectivity index (χ1n) is 3.14. The number of hydrogen-bond donors (Lipinski definition) is 0. The Morgan fingerprint density at radius 1 is 1.00 bits per heavy atom. The minimum absolute atomic E-state index is 1.37. The molecule has 1 aromatic carbocycles. The second kappa shape index (κ2) is 4.08. The van der Waals surface area contributed by atoms with Crippen LogP contribution >= 0.6 is 67.8 Å². The fourth-order valence-electron chi connectivity index (χ4n) is 0.804. The number of hydrogen-bond acceptors (Lipinski definition) is 0. The summed E-state index contributed by atoms with van der Waals surface area (Å²) in [7, 11) is 0. The lowest BCUT2D eigenvalue weighted by Crippen LogP contribution is -1.92. The number of halogens is 3. The fraction of sp³-hybridized carbons (Fsp3) is 0.250. The van der Waals surface area contributed by atoms with Crippen molar-refractivity contribution in [3.05, 3.63) is 27.9 Å². The standard InChI is InChI=1S/C8H7I3/c1-4-3-6(9)5(2)8(11)7(4)10/h3H,1-2H3. The Kier molecular flexibility index (Phi) is 3.89. The molecule has 0 saturated carbocycles. The van der Waals surface area contributed by atoms with Crippen molar-refractivity contribution in [3.63, 3.8) is 0 Å². The van der Waals surface area contributed by atoms with Crippen molar-refractivity contribution in [1.29, 1.82) is 0 Å². The summed E-state index contributed by atoms with van der Waals surface area (Å²) in [6.45, 7) is 4.33. The van der Waals surface area contributed by atoms with Gasteiger partial charge in [-0.1, -0.05) is 0 Å². The molecule has 0 bridgehead atoms. The Hall–Kier alpha value is 1.41. The summed E-state index contributed by atoms with van der Waals surface area (Å²) in [6.07, 6.45) is 0. The highest BCUT2D eigenvalue weighted by Gasteiger charge is 2.06. The van der Waals surface area contributed by atoms with Gasteiger partial charge in [-0.2, -0.15) is 0 Å². The van der Waals surface area contributed by atoms with Gasteiger partial charge in [0.05, 0.1) is 0 Å². The highest BCUT2D eigenvalue weighted by atomic mass is 127. The van der Waals surface area contributed by atoms with Gasteiger partial charge in [0.1, 0.15) is 0 Å². The monoisotopic (exact) mass is 484 g/mol. The molecule has 0 aliphatic heterocycles. The van der Waals surface area contributed by atoms with E-state index in [9.17, 15) is 0 Å². The highest BCUT2D eigenvalue weighted by Crippen LogP contribution is 2.26. The molecule has 0 aliphatic rings. The van der Waals surface area contributed by atoms with Crippen LogP contribution in [0.2, 0.25) is 0 Å². The van der Waals surface area contributed by atoms with Crippen LogP contribution < -0.4 is 0 Å². The Morgan fingerprint density at radius 2 is 1.55 bits per heavy atom. The minimum atomic E-state index is 1.37. The van der Waals surface area contributed by atoms with E-state index in [0.717, 1.165) is 0 Å². The molecule has 0 N–H and O–H groups in total. The third-order valence-corrected chi connectivity index (χ3v) is 6.46. The van der Waals surface area contributed by atoms with Crippen LogP contribution in [-0.2, 0) is 0 Å². The van der Waals surface area contributed by atoms with Crippen molar-refractivity contribution in [3.8, 4) is 0 Å². The Bertz CT molecular complexity index is 266. The summed E-state index contributed by atoms with van der Waals surface area (Å²) in [6, 6.07) is 2.24. The molecule has 1 aromatic rings. The number of benzene rings is 1. The van der Waals surface area contributed by atoms with E-state index in [1.165, 1.54) is 21.8 Å². The van der Waals surface area contributed by atoms with Gasteiger partial charge in [-0.25, -0.2) is 0 Å². The summed E-state index contributed by atoms with van der Waals surface area (Å²) < 4.78 is 4.15. The van der Waals surface area contributed by atoms with Crippen LogP contribution in [0.25, 0.3) is 0 Å². The molecule has 0 nitrogen and oxygen atoms in total. The average molecular weight is 484 g/mol. The van der Waals surface area contributed by atoms with Gasteiger partial charge in [-0.05, 0) is 98.8 Å². The predicted octanol–water partition coefficient (Wildman–Crippen LogP) is 4.12. The van der Waals surface area contributed by atoms with Gasteiger partial charge in [0.15, 0.2) is 0 Å². The molecule has 1 rings (SSSR count). The smallest absolute Gasteiger partial charge is 0.0306 e. The van der Waals surface area contributed by atoms with Crippen LogP contribution in [0.3, 0.4) is 0 Å². The number of rotatable bonds is 0. The van der Waals surface area contributed by atoms with E-state index >= 15 is 0 Å². The average Bonchev–Trinajstić information content (AvgIpc) is 1.97. The maximum atomic E-state index is 2.41. The first kappa shape index (κ1) is 10.5. The molecule has 0 aromatic heterocycles. The third kappa shape index (κ3) is 2.20. The molecule has 0 radical (unpaired) electrons. The van der Waals surface area contributed by atoms with Crippen LogP contribution in [0.5, 0.6) is 0 Å². The van der Waals surface area contributed by atoms with Gasteiger partial charge in [0.25, 0.3) is 0 Å². The summed E-state index contributed by atoms with van der Waals surface area (Å²) in [5, 5.41) is 0. The van der Waals surface area contributed by atoms with E-state index in [0.29, 0.717) is 0 Å². The first-order chi connectivity index (χ1) is 5.04. The van der Waals surface area contributed by atoms with Crippen molar-refractivity contribution in [2.24, 2.45) is 0 Å². The molecule has 11 heavy (non-hydrogen) atoms. The van der Waals surface area contributed by atoms with E-state index in [2.05, 4.69) is 87.7 Å². The molecule has 60 valence electrons. The van der Waals surface area contributed by atoms with E-state index in [4.69, 9.17) is 0 Å². The van der Waals surface area contributed by atoms with Gasteiger partial charge in [0.2, 0.25) is 0 Å². The van der Waals surface area contributed by atoms with Gasteiger partial charge in [-0.15, -0.1) is 0 Å². The predicted molar refractivity (Wildman–Crippen MR) is 74.1 cm³/mol. The first-order valence-corrected chi connectivity index (χ1v) is 6.38. The SMILES string of the molecule is Cc1cc(I)c(C)c(I)c1I. The van der Waals surface area contributed by atoms with Crippen molar-refractivity contribution >= 4 is 67.8 Å². The topological polar surface area (TPSA) is 0 Å². The molecule has 3 heteroatoms. The largest absolute Gasteiger partial charge is 0.0445 e. The summed E-state index contributed by atoms with van der Waals surface area (Å²) in [5.74, 6) is 0. The normalized spacial score (nSPS) is 10.3. The van der Waals surface area contributed by atoms with Crippen LogP contribution in [0.4, 0.5) is 0 Å². The van der Waals surface area contributed by atoms with Crippen LogP contribution in [0.1, 0.15) is 11.1 Å². The molecule has 0 spiro atoms. The van der Waals surface area contributed by atoms with Gasteiger partial charge in [-0.3, -0.25) is 0 Å². The Labute approximate surface area is 108 Å². The molecule has 0 aliphatic carbocycles. The molecule has 0 unspecified atom stereocenters. The molecule has 0 atom stereocenters. The maximum absolute atomic E-state index is 2.41. The van der Waals surface area contributed by atoms with E-state index < -0.39 is 0 Å². The molecular formula is C8H7I3. The van der Waals surface area contributed by atoms with Crippen molar-refractivity contribution < 1.29 is 0 Å². The van der Waals surface area contributed by atoms with E-state index in [1.54, 1.807) is 0 Å². The summed E-state index contributed by atoms with van der Waals surface area (Å²) in [5.41, 5.74) is 2.78. The van der Waals surface area contributed by atoms with Gasteiger partial charge in [0, 0.05) is 10.7 Å². The lowest BCUT2D eigenvalue weighted by Gasteiger charge is -2.06. The zero-order valence-corrected chi connectivity index (χ0v) is 12.7. The van der Waals surface area contributed by atoms with Gasteiger partial charge >= 0.3 is 0 Å². The lowest BCUT2D eigenvalue weighted by molar-refractivity contribution is 1.30. The van der Waals surface area contributed by atoms with E-state index in [-0.39, 0.29) is 0 Å². The maximum Gasteiger partial charge on any atom is 0.0306 e. The second-order valence-electron chi connectivity index (χ2n) is 2.43. The van der Waals surface area contributed by atoms with Crippen LogP contribution in [0.15, 0.2) is 6.07 Å². The van der Waals surface area contributed by atoms with Crippen LogP contribution in [-0.4, -0.2) is 0 Å². The minimum Gasteiger partial charge on any atom is -0.0445 e. The molecule has 0 fully saturated rings. The summed E-state index contributed by atoms with van der Waals surface area (Å²) in [4.78, 5) is 0. The summed E-state index contributed by atoms with van der Waals surface area (Å²) >= 11 is 7.19. The number of aryl methyl sites for hydroxylation is 1. The molecule has 0 saturated heterocycles. The molecule has 0 amide bonds. The quantitative estimate of drug-likeness (QED) is 0.385. The zero-order chi connectivity index (χ0) is 8.59. The van der Waals surface area contributed by atoms with Crippen molar-refractivity contribution in [2.45, 2.75) is 13.8 Å². The Balaban J connectivity index is 3.46. The van der Waals surface area contributed by atoms with Crippen molar-refractivity contribution in [2.75, 3.05) is 0 Å². The Morgan fingerprint density at radius 3 is 2.09 bits per heavy atom. The fourth-order valence-corrected chi connectivity index (χ4v) is 3.33. The lowest BCUT2D eigenvalue weighted by atomic mass is 10.2. The highest BCUT2D eigenvalue weighted by molar-refractivity contribution is 14.1. The van der Waals surface area contributed by atoms with E-state index in [1.807, 2.05) is 0 Å². The third-order valence-electron chi connectivity index (χ3n) is 1.57. The molecule has 0 heterocycles. The second-order valence-corrected chi connectivity index (χ2v) is 5.75. The van der Waals surface area contributed by atoms with Crippen molar-refractivity contribution in [1.82, 2.24) is 0 Å². The molecular weight excluding hydrogens is 477 g/mol. The van der Waals surface area contributed by atoms with Gasteiger partial charge < -0.3 is 0 Å². The van der Waals surface area contributed by atoms with Crippen LogP contribution in [0, 0.1) is 24.6 Å².